The first-order valence-electron chi connectivity index (χ1n) is 3.84. The van der Waals surface area contributed by atoms with Gasteiger partial charge in [0.25, 0.3) is 0 Å². The molecule has 0 unspecified atom stereocenters. The number of carbonyl (C=O) groups is 1. The van der Waals surface area contributed by atoms with E-state index in [1.165, 1.54) is 0 Å². The smallest absolute Gasteiger partial charge is 0.220 e. The summed E-state index contributed by atoms with van der Waals surface area (Å²) in [5.74, 6) is 0.0284. The Morgan fingerprint density at radius 2 is 2.42 bits per heavy atom. The molecule has 0 aromatic carbocycles. The van der Waals surface area contributed by atoms with E-state index in [9.17, 15) is 4.79 Å². The van der Waals surface area contributed by atoms with Crippen LogP contribution < -0.4 is 5.32 Å². The van der Waals surface area contributed by atoms with Crippen LogP contribution in [-0.4, -0.2) is 15.9 Å². The minimum atomic E-state index is 0.0284. The fraction of sp³-hybridized carbons (Fsp3) is 0.375. The lowest BCUT2D eigenvalue weighted by atomic mass is 10.4. The van der Waals surface area contributed by atoms with E-state index in [0.717, 1.165) is 5.69 Å². The lowest BCUT2D eigenvalue weighted by Crippen LogP contribution is -2.21. The van der Waals surface area contributed by atoms with Crippen LogP contribution in [0.1, 0.15) is 19.0 Å². The van der Waals surface area contributed by atoms with Crippen LogP contribution in [0.2, 0.25) is 0 Å². The maximum atomic E-state index is 10.8. The summed E-state index contributed by atoms with van der Waals surface area (Å²) in [6.07, 6.45) is 5.34. The predicted molar refractivity (Wildman–Crippen MR) is 44.2 cm³/mol. The molecule has 0 atom stereocenters. The van der Waals surface area contributed by atoms with Crippen LogP contribution in [-0.2, 0) is 11.3 Å². The molecule has 1 aromatic heterocycles. The Kier molecular flexibility index (Phi) is 3.19. The maximum absolute atomic E-state index is 10.8. The summed E-state index contributed by atoms with van der Waals surface area (Å²) in [6, 6.07) is 0. The number of rotatable bonds is 3. The van der Waals surface area contributed by atoms with Gasteiger partial charge in [-0.2, -0.15) is 0 Å². The van der Waals surface area contributed by atoms with Crippen molar-refractivity contribution in [2.45, 2.75) is 19.9 Å². The van der Waals surface area contributed by atoms with Crippen LogP contribution >= 0.6 is 0 Å². The van der Waals surface area contributed by atoms with E-state index >= 15 is 0 Å². The summed E-state index contributed by atoms with van der Waals surface area (Å²) in [5.41, 5.74) is 0.777. The molecule has 0 aliphatic heterocycles. The average molecular weight is 165 g/mol. The second kappa shape index (κ2) is 4.43. The minimum absolute atomic E-state index is 0.0284. The van der Waals surface area contributed by atoms with Gasteiger partial charge in [-0.15, -0.1) is 0 Å². The normalized spacial score (nSPS) is 9.42. The second-order valence-electron chi connectivity index (χ2n) is 2.33. The van der Waals surface area contributed by atoms with E-state index in [-0.39, 0.29) is 5.91 Å². The van der Waals surface area contributed by atoms with Gasteiger partial charge in [0.15, 0.2) is 0 Å². The SMILES string of the molecule is CCC(=O)NCc1cnccn1. The fourth-order valence-electron chi connectivity index (χ4n) is 0.735. The van der Waals surface area contributed by atoms with Crippen molar-refractivity contribution >= 4 is 5.91 Å². The van der Waals surface area contributed by atoms with Crippen molar-refractivity contribution in [1.82, 2.24) is 15.3 Å². The van der Waals surface area contributed by atoms with Gasteiger partial charge in [0.2, 0.25) is 5.91 Å². The molecule has 4 nitrogen and oxygen atoms in total. The molecule has 0 saturated carbocycles. The van der Waals surface area contributed by atoms with Crippen LogP contribution in [0.15, 0.2) is 18.6 Å². The standard InChI is InChI=1S/C8H11N3O/c1-2-8(12)11-6-7-5-9-3-4-10-7/h3-5H,2,6H2,1H3,(H,11,12). The van der Waals surface area contributed by atoms with Gasteiger partial charge >= 0.3 is 0 Å². The molecule has 4 heteroatoms. The summed E-state index contributed by atoms with van der Waals surface area (Å²) < 4.78 is 0. The zero-order valence-corrected chi connectivity index (χ0v) is 6.95. The number of hydrogen-bond donors (Lipinski definition) is 1. The highest BCUT2D eigenvalue weighted by atomic mass is 16.1. The van der Waals surface area contributed by atoms with E-state index in [2.05, 4.69) is 15.3 Å². The highest BCUT2D eigenvalue weighted by Gasteiger charge is 1.96. The zero-order valence-electron chi connectivity index (χ0n) is 6.95. The first kappa shape index (κ1) is 8.64. The molecule has 0 fully saturated rings. The molecule has 1 amide bonds. The molecule has 1 N–H and O–H groups in total. The topological polar surface area (TPSA) is 54.9 Å². The number of aromatic nitrogens is 2. The minimum Gasteiger partial charge on any atom is -0.350 e. The van der Waals surface area contributed by atoms with Gasteiger partial charge in [-0.1, -0.05) is 6.92 Å². The van der Waals surface area contributed by atoms with Gasteiger partial charge in [-0.25, -0.2) is 0 Å². The Morgan fingerprint density at radius 1 is 1.58 bits per heavy atom. The molecule has 1 heterocycles. The summed E-state index contributed by atoms with van der Waals surface area (Å²) in [4.78, 5) is 18.7. The van der Waals surface area contributed by atoms with E-state index in [1.807, 2.05) is 6.92 Å². The van der Waals surface area contributed by atoms with Gasteiger partial charge in [0.05, 0.1) is 18.4 Å². The van der Waals surface area contributed by atoms with Crippen LogP contribution in [0, 0.1) is 0 Å². The molecular weight excluding hydrogens is 154 g/mol. The lowest BCUT2D eigenvalue weighted by molar-refractivity contribution is -0.120. The molecule has 0 radical (unpaired) electrons. The highest BCUT2D eigenvalue weighted by molar-refractivity contribution is 5.75. The van der Waals surface area contributed by atoms with Crippen molar-refractivity contribution in [3.05, 3.63) is 24.3 Å². The number of carbonyl (C=O) groups excluding carboxylic acids is 1. The summed E-state index contributed by atoms with van der Waals surface area (Å²) in [7, 11) is 0. The quantitative estimate of drug-likeness (QED) is 0.709. The Labute approximate surface area is 71.0 Å². The Hall–Kier alpha value is -1.45. The van der Waals surface area contributed by atoms with E-state index < -0.39 is 0 Å². The number of nitrogens with one attached hydrogen (secondary N) is 1. The monoisotopic (exact) mass is 165 g/mol. The van der Waals surface area contributed by atoms with E-state index in [0.29, 0.717) is 13.0 Å². The second-order valence-corrected chi connectivity index (χ2v) is 2.33. The number of nitrogens with zero attached hydrogens (tertiary/aromatic N) is 2. The molecule has 1 rings (SSSR count). The largest absolute Gasteiger partial charge is 0.350 e. The molecule has 0 aliphatic rings. The van der Waals surface area contributed by atoms with Crippen molar-refractivity contribution in [3.8, 4) is 0 Å². The van der Waals surface area contributed by atoms with Crippen molar-refractivity contribution in [2.75, 3.05) is 0 Å². The molecule has 1 aromatic rings. The molecule has 0 saturated heterocycles. The van der Waals surface area contributed by atoms with Crippen molar-refractivity contribution in [2.24, 2.45) is 0 Å². The van der Waals surface area contributed by atoms with Gasteiger partial charge in [-0.3, -0.25) is 14.8 Å². The molecule has 0 spiro atoms. The Morgan fingerprint density at radius 3 is 3.00 bits per heavy atom. The van der Waals surface area contributed by atoms with Crippen LogP contribution in [0.25, 0.3) is 0 Å². The third-order valence-corrected chi connectivity index (χ3v) is 1.40. The number of hydrogen-bond acceptors (Lipinski definition) is 3. The Balaban J connectivity index is 2.38. The lowest BCUT2D eigenvalue weighted by Gasteiger charge is -2.00. The molecule has 12 heavy (non-hydrogen) atoms. The Bertz CT molecular complexity index is 248. The van der Waals surface area contributed by atoms with Gasteiger partial charge in [0.1, 0.15) is 0 Å². The van der Waals surface area contributed by atoms with Crippen LogP contribution in [0.3, 0.4) is 0 Å². The molecule has 64 valence electrons. The average Bonchev–Trinajstić information content (AvgIpc) is 2.16. The fourth-order valence-corrected chi connectivity index (χ4v) is 0.735. The third kappa shape index (κ3) is 2.65. The van der Waals surface area contributed by atoms with Crippen molar-refractivity contribution in [3.63, 3.8) is 0 Å². The molecule has 0 bridgehead atoms. The maximum Gasteiger partial charge on any atom is 0.220 e. The van der Waals surface area contributed by atoms with E-state index in [4.69, 9.17) is 0 Å². The van der Waals surface area contributed by atoms with E-state index in [1.54, 1.807) is 18.6 Å². The highest BCUT2D eigenvalue weighted by Crippen LogP contribution is 1.88. The molecular formula is C8H11N3O. The van der Waals surface area contributed by atoms with Gasteiger partial charge in [-0.05, 0) is 0 Å². The first-order valence-corrected chi connectivity index (χ1v) is 3.84. The molecule has 0 aliphatic carbocycles. The summed E-state index contributed by atoms with van der Waals surface area (Å²) in [6.45, 7) is 2.27. The zero-order chi connectivity index (χ0) is 8.81. The third-order valence-electron chi connectivity index (χ3n) is 1.40. The first-order chi connectivity index (χ1) is 5.83. The predicted octanol–water partition coefficient (Wildman–Crippen LogP) is 0.503. The van der Waals surface area contributed by atoms with Gasteiger partial charge < -0.3 is 5.32 Å². The van der Waals surface area contributed by atoms with Gasteiger partial charge in [0, 0.05) is 18.8 Å². The van der Waals surface area contributed by atoms with Crippen LogP contribution in [0.5, 0.6) is 0 Å². The van der Waals surface area contributed by atoms with Crippen molar-refractivity contribution < 1.29 is 4.79 Å². The summed E-state index contributed by atoms with van der Waals surface area (Å²) >= 11 is 0. The van der Waals surface area contributed by atoms with Crippen molar-refractivity contribution in [1.29, 1.82) is 0 Å². The van der Waals surface area contributed by atoms with Crippen LogP contribution in [0.4, 0.5) is 0 Å². The number of amides is 1. The summed E-state index contributed by atoms with van der Waals surface area (Å²) in [5, 5.41) is 2.71.